The van der Waals surface area contributed by atoms with E-state index in [-0.39, 0.29) is 0 Å². The molecule has 0 aliphatic rings. The Morgan fingerprint density at radius 1 is 1.29 bits per heavy atom. The summed E-state index contributed by atoms with van der Waals surface area (Å²) in [6.45, 7) is 5.00. The zero-order chi connectivity index (χ0) is 12.1. The van der Waals surface area contributed by atoms with E-state index in [1.807, 2.05) is 17.5 Å². The lowest BCUT2D eigenvalue weighted by Gasteiger charge is -2.10. The summed E-state index contributed by atoms with van der Waals surface area (Å²) in [6, 6.07) is 8.36. The van der Waals surface area contributed by atoms with E-state index in [4.69, 9.17) is 4.74 Å². The van der Waals surface area contributed by atoms with Crippen LogP contribution in [0.4, 0.5) is 0 Å². The average molecular weight is 247 g/mol. The van der Waals surface area contributed by atoms with Crippen LogP contribution in [0.5, 0.6) is 5.75 Å². The van der Waals surface area contributed by atoms with Crippen LogP contribution in [-0.2, 0) is 6.61 Å². The molecule has 0 radical (unpaired) electrons. The molecule has 3 heteroatoms. The highest BCUT2D eigenvalue weighted by atomic mass is 32.1. The van der Waals surface area contributed by atoms with Crippen molar-refractivity contribution < 1.29 is 4.74 Å². The SMILES string of the molecule is CCC(C)c1ccc(OCc2nccs2)cc1. The van der Waals surface area contributed by atoms with Crippen LogP contribution in [0.1, 0.15) is 36.8 Å². The maximum Gasteiger partial charge on any atom is 0.140 e. The number of hydrogen-bond donors (Lipinski definition) is 0. The Labute approximate surface area is 106 Å². The number of hydrogen-bond acceptors (Lipinski definition) is 3. The molecule has 2 rings (SSSR count). The van der Waals surface area contributed by atoms with Gasteiger partial charge in [0.05, 0.1) is 0 Å². The van der Waals surface area contributed by atoms with Crippen molar-refractivity contribution in [3.05, 3.63) is 46.4 Å². The molecule has 0 aliphatic heterocycles. The van der Waals surface area contributed by atoms with Gasteiger partial charge in [-0.05, 0) is 30.0 Å². The molecule has 0 aliphatic carbocycles. The third-order valence-electron chi connectivity index (χ3n) is 2.91. The minimum Gasteiger partial charge on any atom is -0.486 e. The van der Waals surface area contributed by atoms with E-state index < -0.39 is 0 Å². The van der Waals surface area contributed by atoms with E-state index in [2.05, 4.69) is 31.0 Å². The maximum absolute atomic E-state index is 5.67. The maximum atomic E-state index is 5.67. The van der Waals surface area contributed by atoms with E-state index in [9.17, 15) is 0 Å². The molecule has 1 unspecified atom stereocenters. The Morgan fingerprint density at radius 2 is 2.06 bits per heavy atom. The summed E-state index contributed by atoms with van der Waals surface area (Å²) in [5.41, 5.74) is 1.37. The molecule has 1 aromatic heterocycles. The van der Waals surface area contributed by atoms with Gasteiger partial charge in [0.1, 0.15) is 17.4 Å². The summed E-state index contributed by atoms with van der Waals surface area (Å²) in [6.07, 6.45) is 2.97. The highest BCUT2D eigenvalue weighted by molar-refractivity contribution is 7.09. The van der Waals surface area contributed by atoms with Crippen molar-refractivity contribution in [2.45, 2.75) is 32.8 Å². The summed E-state index contributed by atoms with van der Waals surface area (Å²) >= 11 is 1.62. The second kappa shape index (κ2) is 5.82. The minimum atomic E-state index is 0.556. The van der Waals surface area contributed by atoms with Gasteiger partial charge in [0.25, 0.3) is 0 Å². The molecule has 0 amide bonds. The van der Waals surface area contributed by atoms with Gasteiger partial charge < -0.3 is 4.74 Å². The van der Waals surface area contributed by atoms with Crippen molar-refractivity contribution in [2.24, 2.45) is 0 Å². The third-order valence-corrected chi connectivity index (χ3v) is 3.66. The Hall–Kier alpha value is -1.35. The Kier molecular flexibility index (Phi) is 4.15. The van der Waals surface area contributed by atoms with Crippen LogP contribution < -0.4 is 4.74 Å². The zero-order valence-corrected chi connectivity index (χ0v) is 11.0. The lowest BCUT2D eigenvalue weighted by molar-refractivity contribution is 0.305. The topological polar surface area (TPSA) is 22.1 Å². The number of thiazole rings is 1. The van der Waals surface area contributed by atoms with Crippen LogP contribution in [0, 0.1) is 0 Å². The van der Waals surface area contributed by atoms with E-state index >= 15 is 0 Å². The molecule has 2 nitrogen and oxygen atoms in total. The molecule has 0 saturated heterocycles. The molecule has 0 fully saturated rings. The van der Waals surface area contributed by atoms with Crippen LogP contribution in [0.2, 0.25) is 0 Å². The predicted octanol–water partition coefficient (Wildman–Crippen LogP) is 4.24. The van der Waals surface area contributed by atoms with Crippen LogP contribution in [0.25, 0.3) is 0 Å². The molecule has 0 saturated carbocycles. The van der Waals surface area contributed by atoms with Crippen molar-refractivity contribution in [3.63, 3.8) is 0 Å². The Morgan fingerprint density at radius 3 is 2.65 bits per heavy atom. The normalized spacial score (nSPS) is 12.4. The van der Waals surface area contributed by atoms with Crippen molar-refractivity contribution >= 4 is 11.3 Å². The molecule has 0 spiro atoms. The lowest BCUT2D eigenvalue weighted by Crippen LogP contribution is -1.95. The van der Waals surface area contributed by atoms with Gasteiger partial charge in [-0.1, -0.05) is 26.0 Å². The van der Waals surface area contributed by atoms with Crippen molar-refractivity contribution in [1.82, 2.24) is 4.98 Å². The smallest absolute Gasteiger partial charge is 0.140 e. The van der Waals surface area contributed by atoms with Crippen LogP contribution in [-0.4, -0.2) is 4.98 Å². The fourth-order valence-corrected chi connectivity index (χ4v) is 2.13. The quantitative estimate of drug-likeness (QED) is 0.788. The standard InChI is InChI=1S/C14H17NOS/c1-3-11(2)12-4-6-13(7-5-12)16-10-14-15-8-9-17-14/h4-9,11H,3,10H2,1-2H3. The van der Waals surface area contributed by atoms with Crippen LogP contribution in [0.3, 0.4) is 0 Å². The van der Waals surface area contributed by atoms with Gasteiger partial charge in [-0.3, -0.25) is 0 Å². The second-order valence-electron chi connectivity index (χ2n) is 4.09. The zero-order valence-electron chi connectivity index (χ0n) is 10.2. The van der Waals surface area contributed by atoms with Gasteiger partial charge in [-0.25, -0.2) is 4.98 Å². The van der Waals surface area contributed by atoms with Gasteiger partial charge in [0, 0.05) is 11.6 Å². The van der Waals surface area contributed by atoms with Gasteiger partial charge in [0.15, 0.2) is 0 Å². The summed E-state index contributed by atoms with van der Waals surface area (Å²) in [7, 11) is 0. The molecule has 1 heterocycles. The molecule has 17 heavy (non-hydrogen) atoms. The van der Waals surface area contributed by atoms with Gasteiger partial charge in [-0.15, -0.1) is 11.3 Å². The van der Waals surface area contributed by atoms with Crippen molar-refractivity contribution in [2.75, 3.05) is 0 Å². The molecule has 0 N–H and O–H groups in total. The third kappa shape index (κ3) is 3.30. The average Bonchev–Trinajstić information content (AvgIpc) is 2.89. The molecular formula is C14H17NOS. The summed E-state index contributed by atoms with van der Waals surface area (Å²) < 4.78 is 5.67. The summed E-state index contributed by atoms with van der Waals surface area (Å²) in [4.78, 5) is 4.18. The van der Waals surface area contributed by atoms with Crippen LogP contribution in [0.15, 0.2) is 35.8 Å². The number of benzene rings is 1. The van der Waals surface area contributed by atoms with E-state index in [0.29, 0.717) is 12.5 Å². The number of rotatable bonds is 5. The molecule has 90 valence electrons. The highest BCUT2D eigenvalue weighted by Gasteiger charge is 2.03. The van der Waals surface area contributed by atoms with Crippen molar-refractivity contribution in [3.8, 4) is 5.75 Å². The van der Waals surface area contributed by atoms with E-state index in [1.54, 1.807) is 17.5 Å². The number of nitrogens with zero attached hydrogens (tertiary/aromatic N) is 1. The van der Waals surface area contributed by atoms with Crippen molar-refractivity contribution in [1.29, 1.82) is 0 Å². The first kappa shape index (κ1) is 12.1. The van der Waals surface area contributed by atoms with E-state index in [0.717, 1.165) is 10.8 Å². The monoisotopic (exact) mass is 247 g/mol. The largest absolute Gasteiger partial charge is 0.486 e. The molecule has 1 aromatic carbocycles. The van der Waals surface area contributed by atoms with E-state index in [1.165, 1.54) is 12.0 Å². The summed E-state index contributed by atoms with van der Waals surface area (Å²) in [5, 5.41) is 2.97. The first-order chi connectivity index (χ1) is 8.29. The fraction of sp³-hybridized carbons (Fsp3) is 0.357. The molecule has 0 bridgehead atoms. The number of aromatic nitrogens is 1. The molecule has 2 aromatic rings. The fourth-order valence-electron chi connectivity index (χ4n) is 1.60. The Bertz CT molecular complexity index is 436. The van der Waals surface area contributed by atoms with Gasteiger partial charge >= 0.3 is 0 Å². The lowest BCUT2D eigenvalue weighted by atomic mass is 9.99. The summed E-state index contributed by atoms with van der Waals surface area (Å²) in [5.74, 6) is 1.52. The Balaban J connectivity index is 1.94. The first-order valence-electron chi connectivity index (χ1n) is 5.90. The molecular weight excluding hydrogens is 230 g/mol. The number of ether oxygens (including phenoxy) is 1. The molecule has 1 atom stereocenters. The predicted molar refractivity (Wildman–Crippen MR) is 71.6 cm³/mol. The van der Waals surface area contributed by atoms with Gasteiger partial charge in [0.2, 0.25) is 0 Å². The minimum absolute atomic E-state index is 0.556. The first-order valence-corrected chi connectivity index (χ1v) is 6.78. The second-order valence-corrected chi connectivity index (χ2v) is 5.07. The van der Waals surface area contributed by atoms with Gasteiger partial charge in [-0.2, -0.15) is 0 Å². The van der Waals surface area contributed by atoms with Crippen LogP contribution >= 0.6 is 11.3 Å². The highest BCUT2D eigenvalue weighted by Crippen LogP contribution is 2.22.